The molecule has 0 amide bonds. The first-order chi connectivity index (χ1) is 11.5. The number of halogens is 1. The Morgan fingerprint density at radius 1 is 0.360 bits per heavy atom. The molecule has 0 atom stereocenters. The van der Waals surface area contributed by atoms with Crippen molar-refractivity contribution < 1.29 is 55.5 Å². The Hall–Kier alpha value is 1.97. The Labute approximate surface area is 207 Å². The Morgan fingerprint density at radius 2 is 0.520 bits per heavy atom. The molecule has 1 aliphatic carbocycles. The Morgan fingerprint density at radius 3 is 0.600 bits per heavy atom. The Kier molecular flexibility index (Phi) is 30.3. The van der Waals surface area contributed by atoms with E-state index in [2.05, 4.69) is 0 Å². The molecule has 0 N–H and O–H groups in total. The molecule has 3 heterocycles. The van der Waals surface area contributed by atoms with Crippen molar-refractivity contribution >= 4 is 24.0 Å². The van der Waals surface area contributed by atoms with Crippen molar-refractivity contribution in [3.8, 4) is 0 Å². The van der Waals surface area contributed by atoms with E-state index in [0.717, 1.165) is 39.6 Å². The Balaban J connectivity index is 0. The van der Waals surface area contributed by atoms with Crippen molar-refractivity contribution in [1.82, 2.24) is 0 Å². The van der Waals surface area contributed by atoms with Crippen LogP contribution in [-0.2, 0) is 14.2 Å². The van der Waals surface area contributed by atoms with Crippen LogP contribution in [-0.4, -0.2) is 39.6 Å². The molecule has 0 aromatic carbocycles. The standard InChI is InChI=1S/C8H8.3C4H8O.HI.Pr/c1-2-4-6-8-7-5-3-1;3*1-2-4-5-3-1;;/h1-8H;3*1-4H2;1H;. The largest absolute Gasteiger partial charge is 0.381 e. The van der Waals surface area contributed by atoms with Crippen molar-refractivity contribution in [3.05, 3.63) is 51.4 Å². The van der Waals surface area contributed by atoms with E-state index in [1.807, 2.05) is 51.4 Å². The molecular weight excluding hydrogens is 556 g/mol. The topological polar surface area (TPSA) is 27.7 Å². The van der Waals surface area contributed by atoms with Crippen molar-refractivity contribution in [2.45, 2.75) is 38.5 Å². The number of ether oxygens (including phenoxy) is 3. The molecule has 3 saturated heterocycles. The second-order valence-corrected chi connectivity index (χ2v) is 5.50. The van der Waals surface area contributed by atoms with Gasteiger partial charge in [0.15, 0.2) is 0 Å². The molecule has 1 saturated carbocycles. The van der Waals surface area contributed by atoms with Gasteiger partial charge in [-0.25, -0.2) is 0 Å². The van der Waals surface area contributed by atoms with E-state index in [9.17, 15) is 0 Å². The summed E-state index contributed by atoms with van der Waals surface area (Å²) in [6, 6.07) is 0. The van der Waals surface area contributed by atoms with Gasteiger partial charge in [0.25, 0.3) is 0 Å². The average molecular weight is 589 g/mol. The average Bonchev–Trinajstić information content (AvgIpc) is 3.34. The van der Waals surface area contributed by atoms with Gasteiger partial charge in [-0.3, -0.25) is 0 Å². The molecule has 25 heavy (non-hydrogen) atoms. The maximum absolute atomic E-state index is 4.94. The fourth-order valence-electron chi connectivity index (χ4n) is 2.04. The normalized spacial score (nSPS) is 22.1. The van der Waals surface area contributed by atoms with E-state index in [1.54, 1.807) is 0 Å². The molecule has 0 aromatic rings. The summed E-state index contributed by atoms with van der Waals surface area (Å²) in [5.41, 5.74) is 0. The molecule has 3 aliphatic heterocycles. The minimum absolute atomic E-state index is 0. The minimum atomic E-state index is 0. The van der Waals surface area contributed by atoms with Gasteiger partial charge in [-0.2, -0.15) is 0 Å². The monoisotopic (exact) mass is 589 g/mol. The van der Waals surface area contributed by atoms with Crippen LogP contribution in [0.25, 0.3) is 0 Å². The van der Waals surface area contributed by atoms with Crippen LogP contribution < -0.4 is 0 Å². The van der Waals surface area contributed by atoms with Crippen molar-refractivity contribution in [1.29, 1.82) is 0 Å². The second-order valence-electron chi connectivity index (χ2n) is 5.50. The summed E-state index contributed by atoms with van der Waals surface area (Å²) in [7, 11) is 0. The van der Waals surface area contributed by atoms with Gasteiger partial charge < -0.3 is 14.2 Å². The molecule has 4 rings (SSSR count). The smallest absolute Gasteiger partial charge is 0.0466 e. The quantitative estimate of drug-likeness (QED) is 0.386. The summed E-state index contributed by atoms with van der Waals surface area (Å²) < 4.78 is 14.8. The Bertz CT molecular complexity index is 150. The SMILES string of the molecule is C1CCOC1.C1CCOC1.C1CCOC1.I.[CH]1[CH][CH][CH][CH][CH][CH][CH]1.[Pr]. The van der Waals surface area contributed by atoms with Crippen LogP contribution in [0.5, 0.6) is 0 Å². The van der Waals surface area contributed by atoms with Crippen LogP contribution in [0.3, 0.4) is 0 Å². The maximum atomic E-state index is 4.94. The van der Waals surface area contributed by atoms with Crippen LogP contribution in [0.2, 0.25) is 0 Å². The zero-order valence-corrected chi connectivity index (χ0v) is 21.3. The van der Waals surface area contributed by atoms with E-state index in [4.69, 9.17) is 14.2 Å². The molecule has 141 valence electrons. The van der Waals surface area contributed by atoms with Crippen LogP contribution in [0.4, 0.5) is 0 Å². The van der Waals surface area contributed by atoms with E-state index >= 15 is 0 Å². The van der Waals surface area contributed by atoms with E-state index in [0.29, 0.717) is 0 Å². The number of hydrogen-bond acceptors (Lipinski definition) is 3. The predicted molar refractivity (Wildman–Crippen MR) is 110 cm³/mol. The fraction of sp³-hybridized carbons (Fsp3) is 0.600. The van der Waals surface area contributed by atoms with Gasteiger partial charge in [0.1, 0.15) is 0 Å². The summed E-state index contributed by atoms with van der Waals surface area (Å²) in [4.78, 5) is 0. The van der Waals surface area contributed by atoms with Gasteiger partial charge in [-0.05, 0) is 89.9 Å². The molecule has 0 bridgehead atoms. The number of hydrogen-bond donors (Lipinski definition) is 0. The zero-order valence-electron chi connectivity index (χ0n) is 15.3. The minimum Gasteiger partial charge on any atom is -0.381 e. The van der Waals surface area contributed by atoms with Crippen molar-refractivity contribution in [3.63, 3.8) is 0 Å². The van der Waals surface area contributed by atoms with Gasteiger partial charge in [0, 0.05) is 80.9 Å². The van der Waals surface area contributed by atoms with Gasteiger partial charge in [-0.15, -0.1) is 24.0 Å². The summed E-state index contributed by atoms with van der Waals surface area (Å²) in [6.45, 7) is 6.00. The molecular formula is C20H33IO3Pr. The van der Waals surface area contributed by atoms with Gasteiger partial charge >= 0.3 is 0 Å². The van der Waals surface area contributed by atoms with Crippen LogP contribution >= 0.6 is 24.0 Å². The molecule has 0 spiro atoms. The van der Waals surface area contributed by atoms with Crippen LogP contribution in [0.1, 0.15) is 38.5 Å². The van der Waals surface area contributed by atoms with Crippen molar-refractivity contribution in [2.75, 3.05) is 39.6 Å². The molecule has 4 fully saturated rings. The molecule has 0 aromatic heterocycles. The van der Waals surface area contributed by atoms with Gasteiger partial charge in [0.05, 0.1) is 0 Å². The molecule has 5 heteroatoms. The summed E-state index contributed by atoms with van der Waals surface area (Å²) in [5, 5.41) is 0. The van der Waals surface area contributed by atoms with Gasteiger partial charge in [-0.1, -0.05) is 0 Å². The van der Waals surface area contributed by atoms with E-state index in [-0.39, 0.29) is 65.3 Å². The summed E-state index contributed by atoms with van der Waals surface area (Å²) >= 11 is 0. The molecule has 0 unspecified atom stereocenters. The van der Waals surface area contributed by atoms with Crippen LogP contribution in [0, 0.1) is 92.7 Å². The first-order valence-electron chi connectivity index (χ1n) is 8.90. The number of rotatable bonds is 0. The van der Waals surface area contributed by atoms with Crippen LogP contribution in [0.15, 0.2) is 0 Å². The zero-order chi connectivity index (χ0) is 16.3. The molecule has 3 nitrogen and oxygen atoms in total. The summed E-state index contributed by atoms with van der Waals surface area (Å²) in [5.74, 6) is 0. The first-order valence-corrected chi connectivity index (χ1v) is 8.90. The first kappa shape index (κ1) is 29.2. The third-order valence-corrected chi connectivity index (χ3v) is 3.37. The van der Waals surface area contributed by atoms with Crippen molar-refractivity contribution in [2.24, 2.45) is 0 Å². The fourth-order valence-corrected chi connectivity index (χ4v) is 2.04. The molecule has 9 radical (unpaired) electrons. The second kappa shape index (κ2) is 26.0. The predicted octanol–water partition coefficient (Wildman–Crippen LogP) is 4.64. The summed E-state index contributed by atoms with van der Waals surface area (Å²) in [6.07, 6.45) is 23.7. The molecule has 4 aliphatic rings. The third-order valence-electron chi connectivity index (χ3n) is 3.37. The third kappa shape index (κ3) is 23.9. The van der Waals surface area contributed by atoms with E-state index < -0.39 is 0 Å². The maximum Gasteiger partial charge on any atom is 0.0466 e. The van der Waals surface area contributed by atoms with E-state index in [1.165, 1.54) is 38.5 Å². The van der Waals surface area contributed by atoms with Gasteiger partial charge in [0.2, 0.25) is 0 Å².